The van der Waals surface area contributed by atoms with Gasteiger partial charge in [0.1, 0.15) is 18.0 Å². The first-order chi connectivity index (χ1) is 12.8. The molecule has 0 aromatic carbocycles. The number of aryl methyl sites for hydroxylation is 1. The Morgan fingerprint density at radius 2 is 2.15 bits per heavy atom. The number of hydrogen-bond donors (Lipinski definition) is 2. The molecule has 2 aliphatic rings. The molecule has 0 bridgehead atoms. The van der Waals surface area contributed by atoms with Crippen molar-refractivity contribution in [3.05, 3.63) is 29.2 Å². The zero-order valence-corrected chi connectivity index (χ0v) is 15.4. The van der Waals surface area contributed by atoms with E-state index in [-0.39, 0.29) is 0 Å². The van der Waals surface area contributed by atoms with Crippen LogP contribution in [0.3, 0.4) is 0 Å². The van der Waals surface area contributed by atoms with Gasteiger partial charge in [0, 0.05) is 44.7 Å². The van der Waals surface area contributed by atoms with Crippen LogP contribution in [0.2, 0.25) is 0 Å². The van der Waals surface area contributed by atoms with Gasteiger partial charge in [0.25, 0.3) is 0 Å². The quantitative estimate of drug-likeness (QED) is 0.688. The molecule has 8 nitrogen and oxygen atoms in total. The Morgan fingerprint density at radius 1 is 1.27 bits per heavy atom. The average molecular weight is 357 g/mol. The fourth-order valence-electron chi connectivity index (χ4n) is 3.38. The lowest BCUT2D eigenvalue weighted by Crippen LogP contribution is -2.16. The van der Waals surface area contributed by atoms with E-state index in [1.165, 1.54) is 24.1 Å². The van der Waals surface area contributed by atoms with Gasteiger partial charge in [-0.25, -0.2) is 9.97 Å². The smallest absolute Gasteiger partial charge is 0.152 e. The molecule has 0 atom stereocenters. The van der Waals surface area contributed by atoms with Crippen LogP contribution in [0.4, 0.5) is 5.82 Å². The topological polar surface area (TPSA) is 89.8 Å². The molecule has 0 radical (unpaired) electrons. The summed E-state index contributed by atoms with van der Waals surface area (Å²) in [5.74, 6) is 3.46. The first-order valence-electron chi connectivity index (χ1n) is 9.55. The molecule has 1 aliphatic carbocycles. The predicted molar refractivity (Wildman–Crippen MR) is 98.1 cm³/mol. The normalized spacial score (nSPS) is 17.0. The first-order valence-corrected chi connectivity index (χ1v) is 9.55. The van der Waals surface area contributed by atoms with Crippen LogP contribution >= 0.6 is 0 Å². The lowest BCUT2D eigenvalue weighted by atomic mass is 10.1. The summed E-state index contributed by atoms with van der Waals surface area (Å²) in [6.45, 7) is 4.18. The van der Waals surface area contributed by atoms with E-state index in [9.17, 15) is 0 Å². The van der Waals surface area contributed by atoms with E-state index in [0.29, 0.717) is 12.5 Å². The van der Waals surface area contributed by atoms with E-state index < -0.39 is 0 Å². The molecular formula is C18H27N7O. The van der Waals surface area contributed by atoms with Gasteiger partial charge >= 0.3 is 0 Å². The molecule has 140 valence electrons. The SMILES string of the molecule is COCCCn1cnnc1CNc1nc(C2CC2)nc2c1CCNCC2. The molecule has 4 rings (SSSR count). The summed E-state index contributed by atoms with van der Waals surface area (Å²) in [5.41, 5.74) is 2.46. The fourth-order valence-corrected chi connectivity index (χ4v) is 3.38. The number of nitrogens with one attached hydrogen (secondary N) is 2. The molecule has 0 saturated heterocycles. The highest BCUT2D eigenvalue weighted by molar-refractivity contribution is 5.48. The molecule has 0 unspecified atom stereocenters. The highest BCUT2D eigenvalue weighted by atomic mass is 16.5. The zero-order chi connectivity index (χ0) is 17.8. The van der Waals surface area contributed by atoms with Crippen molar-refractivity contribution in [3.8, 4) is 0 Å². The van der Waals surface area contributed by atoms with Gasteiger partial charge in [-0.1, -0.05) is 0 Å². The number of anilines is 1. The molecule has 2 aromatic rings. The molecule has 26 heavy (non-hydrogen) atoms. The van der Waals surface area contributed by atoms with E-state index in [4.69, 9.17) is 14.7 Å². The van der Waals surface area contributed by atoms with Crippen LogP contribution in [-0.2, 0) is 30.7 Å². The summed E-state index contributed by atoms with van der Waals surface area (Å²) < 4.78 is 7.21. The van der Waals surface area contributed by atoms with Crippen LogP contribution in [0.15, 0.2) is 6.33 Å². The molecule has 1 fully saturated rings. The van der Waals surface area contributed by atoms with Gasteiger partial charge in [0.2, 0.25) is 0 Å². The molecule has 8 heteroatoms. The Balaban J connectivity index is 1.51. The van der Waals surface area contributed by atoms with Crippen molar-refractivity contribution in [3.63, 3.8) is 0 Å². The van der Waals surface area contributed by atoms with Crippen LogP contribution in [0.1, 0.15) is 48.1 Å². The minimum Gasteiger partial charge on any atom is -0.385 e. The predicted octanol–water partition coefficient (Wildman–Crippen LogP) is 1.28. The number of nitrogens with zero attached hydrogens (tertiary/aromatic N) is 5. The van der Waals surface area contributed by atoms with E-state index in [0.717, 1.165) is 63.0 Å². The minimum atomic E-state index is 0.551. The largest absolute Gasteiger partial charge is 0.385 e. The third-order valence-electron chi connectivity index (χ3n) is 5.00. The zero-order valence-electron chi connectivity index (χ0n) is 15.4. The number of hydrogen-bond acceptors (Lipinski definition) is 7. The van der Waals surface area contributed by atoms with Gasteiger partial charge in [0.15, 0.2) is 5.82 Å². The van der Waals surface area contributed by atoms with Crippen molar-refractivity contribution in [1.82, 2.24) is 30.0 Å². The van der Waals surface area contributed by atoms with Crippen molar-refractivity contribution in [2.45, 2.75) is 51.1 Å². The maximum Gasteiger partial charge on any atom is 0.152 e. The standard InChI is InChI=1S/C18H27N7O/c1-26-10-2-9-25-12-21-24-16(25)11-20-18-14-5-7-19-8-6-15(14)22-17(23-18)13-3-4-13/h12-13,19H,2-11H2,1H3,(H,20,22,23). The lowest BCUT2D eigenvalue weighted by Gasteiger charge is -2.15. The molecule has 2 aromatic heterocycles. The summed E-state index contributed by atoms with van der Waals surface area (Å²) in [7, 11) is 1.72. The van der Waals surface area contributed by atoms with E-state index >= 15 is 0 Å². The second kappa shape index (κ2) is 8.09. The average Bonchev–Trinajstić information content (AvgIpc) is 3.44. The van der Waals surface area contributed by atoms with Gasteiger partial charge in [-0.3, -0.25) is 0 Å². The molecule has 3 heterocycles. The second-order valence-corrected chi connectivity index (χ2v) is 7.02. The number of methoxy groups -OCH3 is 1. The van der Waals surface area contributed by atoms with Crippen molar-refractivity contribution in [2.24, 2.45) is 0 Å². The monoisotopic (exact) mass is 357 g/mol. The third-order valence-corrected chi connectivity index (χ3v) is 5.00. The van der Waals surface area contributed by atoms with Gasteiger partial charge in [0.05, 0.1) is 12.2 Å². The number of fused-ring (bicyclic) bond motifs is 1. The molecule has 0 amide bonds. The third kappa shape index (κ3) is 4.02. The van der Waals surface area contributed by atoms with Crippen LogP contribution in [0.5, 0.6) is 0 Å². The Labute approximate surface area is 153 Å². The highest BCUT2D eigenvalue weighted by Crippen LogP contribution is 2.39. The summed E-state index contributed by atoms with van der Waals surface area (Å²) in [5, 5.41) is 15.3. The van der Waals surface area contributed by atoms with Crippen molar-refractivity contribution >= 4 is 5.82 Å². The van der Waals surface area contributed by atoms with Gasteiger partial charge in [-0.2, -0.15) is 0 Å². The Hall–Kier alpha value is -2.06. The van der Waals surface area contributed by atoms with Crippen LogP contribution in [0, 0.1) is 0 Å². The van der Waals surface area contributed by atoms with Gasteiger partial charge in [-0.05, 0) is 32.2 Å². The Kier molecular flexibility index (Phi) is 5.40. The van der Waals surface area contributed by atoms with Gasteiger partial charge < -0.3 is 19.9 Å². The second-order valence-electron chi connectivity index (χ2n) is 7.02. The summed E-state index contributed by atoms with van der Waals surface area (Å²) in [4.78, 5) is 9.74. The number of rotatable bonds is 8. The van der Waals surface area contributed by atoms with E-state index in [1.54, 1.807) is 13.4 Å². The van der Waals surface area contributed by atoms with Crippen LogP contribution < -0.4 is 10.6 Å². The van der Waals surface area contributed by atoms with Gasteiger partial charge in [-0.15, -0.1) is 10.2 Å². The van der Waals surface area contributed by atoms with Crippen LogP contribution in [-0.4, -0.2) is 51.5 Å². The lowest BCUT2D eigenvalue weighted by molar-refractivity contribution is 0.190. The van der Waals surface area contributed by atoms with Crippen molar-refractivity contribution in [1.29, 1.82) is 0 Å². The van der Waals surface area contributed by atoms with Crippen LogP contribution in [0.25, 0.3) is 0 Å². The summed E-state index contributed by atoms with van der Waals surface area (Å²) in [6.07, 6.45) is 7.09. The molecular weight excluding hydrogens is 330 g/mol. The highest BCUT2D eigenvalue weighted by Gasteiger charge is 2.29. The fraction of sp³-hybridized carbons (Fsp3) is 0.667. The first kappa shape index (κ1) is 17.4. The van der Waals surface area contributed by atoms with Crippen molar-refractivity contribution < 1.29 is 4.74 Å². The Morgan fingerprint density at radius 3 is 3.00 bits per heavy atom. The minimum absolute atomic E-state index is 0.551. The molecule has 0 spiro atoms. The van der Waals surface area contributed by atoms with E-state index in [1.807, 2.05) is 0 Å². The maximum absolute atomic E-state index is 5.13. The van der Waals surface area contributed by atoms with Crippen molar-refractivity contribution in [2.75, 3.05) is 32.1 Å². The number of aromatic nitrogens is 5. The maximum atomic E-state index is 5.13. The number of ether oxygens (including phenoxy) is 1. The summed E-state index contributed by atoms with van der Waals surface area (Å²) in [6, 6.07) is 0. The Bertz CT molecular complexity index is 741. The molecule has 1 aliphatic heterocycles. The summed E-state index contributed by atoms with van der Waals surface area (Å²) >= 11 is 0. The molecule has 1 saturated carbocycles. The van der Waals surface area contributed by atoms with E-state index in [2.05, 4.69) is 25.4 Å². The molecule has 2 N–H and O–H groups in total.